The van der Waals surface area contributed by atoms with E-state index >= 15 is 0 Å². The number of carbonyl (C=O) groups excluding carboxylic acids is 1. The van der Waals surface area contributed by atoms with E-state index in [1.54, 1.807) is 19.7 Å². The monoisotopic (exact) mass is 359 g/mol. The van der Waals surface area contributed by atoms with Gasteiger partial charge in [-0.3, -0.25) is 10.0 Å². The summed E-state index contributed by atoms with van der Waals surface area (Å²) in [5, 5.41) is 8.71. The van der Waals surface area contributed by atoms with Gasteiger partial charge in [0.2, 0.25) is 11.7 Å². The number of methoxy groups -OCH3 is 2. The second kappa shape index (κ2) is 9.10. The van der Waals surface area contributed by atoms with Crippen LogP contribution in [0.15, 0.2) is 42.5 Å². The van der Waals surface area contributed by atoms with Gasteiger partial charge >= 0.3 is 0 Å². The Kier molecular flexibility index (Phi) is 6.86. The largest absolute Gasteiger partial charge is 0.493 e. The van der Waals surface area contributed by atoms with Crippen LogP contribution < -0.4 is 19.7 Å². The molecule has 0 aromatic heterocycles. The third-order valence-corrected chi connectivity index (χ3v) is 4.23. The van der Waals surface area contributed by atoms with Crippen LogP contribution in [0, 0.1) is 0 Å². The van der Waals surface area contributed by atoms with Crippen molar-refractivity contribution in [1.29, 1.82) is 0 Å². The molecule has 0 spiro atoms. The van der Waals surface area contributed by atoms with Crippen molar-refractivity contribution in [1.82, 2.24) is 5.48 Å². The maximum atomic E-state index is 11.4. The Labute approximate surface area is 153 Å². The number of ether oxygens (including phenoxy) is 3. The molecule has 2 N–H and O–H groups in total. The molecule has 6 nitrogen and oxygen atoms in total. The highest BCUT2D eigenvalue weighted by Gasteiger charge is 2.20. The van der Waals surface area contributed by atoms with Crippen molar-refractivity contribution in [3.05, 3.63) is 53.6 Å². The zero-order chi connectivity index (χ0) is 19.1. The molecule has 2 atom stereocenters. The van der Waals surface area contributed by atoms with E-state index in [0.29, 0.717) is 17.2 Å². The molecule has 0 aliphatic carbocycles. The molecule has 0 aliphatic heterocycles. The van der Waals surface area contributed by atoms with Crippen molar-refractivity contribution in [2.24, 2.45) is 0 Å². The van der Waals surface area contributed by atoms with Crippen molar-refractivity contribution >= 4 is 5.91 Å². The van der Waals surface area contributed by atoms with E-state index in [9.17, 15) is 4.79 Å². The van der Waals surface area contributed by atoms with Crippen LogP contribution in [0.25, 0.3) is 0 Å². The Morgan fingerprint density at radius 2 is 1.62 bits per heavy atom. The van der Waals surface area contributed by atoms with E-state index in [2.05, 4.69) is 0 Å². The Balaban J connectivity index is 2.32. The Morgan fingerprint density at radius 1 is 1.04 bits per heavy atom. The van der Waals surface area contributed by atoms with E-state index in [4.69, 9.17) is 19.4 Å². The first-order valence-electron chi connectivity index (χ1n) is 8.40. The summed E-state index contributed by atoms with van der Waals surface area (Å²) in [6.45, 7) is 3.84. The Bertz CT molecular complexity index is 707. The van der Waals surface area contributed by atoms with Gasteiger partial charge in [-0.2, -0.15) is 0 Å². The molecule has 26 heavy (non-hydrogen) atoms. The zero-order valence-corrected chi connectivity index (χ0v) is 15.5. The van der Waals surface area contributed by atoms with E-state index in [1.807, 2.05) is 56.3 Å². The van der Waals surface area contributed by atoms with E-state index < -0.39 is 5.91 Å². The second-order valence-corrected chi connectivity index (χ2v) is 6.07. The molecule has 0 heterocycles. The maximum Gasteiger partial charge on any atom is 0.243 e. The van der Waals surface area contributed by atoms with E-state index in [1.165, 1.54) is 0 Å². The molecule has 0 bridgehead atoms. The average molecular weight is 359 g/mol. The topological polar surface area (TPSA) is 77.0 Å². The average Bonchev–Trinajstić information content (AvgIpc) is 2.68. The molecule has 0 saturated carbocycles. The fourth-order valence-corrected chi connectivity index (χ4v) is 2.71. The van der Waals surface area contributed by atoms with Gasteiger partial charge in [0.1, 0.15) is 6.10 Å². The molecule has 2 aromatic rings. The molecule has 2 aromatic carbocycles. The van der Waals surface area contributed by atoms with Crippen molar-refractivity contribution in [2.75, 3.05) is 14.2 Å². The number of rotatable bonds is 8. The maximum absolute atomic E-state index is 11.4. The number of amides is 1. The molecule has 6 heteroatoms. The standard InChI is InChI=1S/C20H25NO5/c1-13(10-19(22)21-23)16-11-17(24-3)20(18(12-16)25-4)26-14(2)15-8-6-5-7-9-15/h5-9,11-14,23H,10H2,1-4H3,(H,21,22). The third kappa shape index (κ3) is 4.67. The lowest BCUT2D eigenvalue weighted by atomic mass is 9.96. The Hall–Kier alpha value is -2.73. The van der Waals surface area contributed by atoms with Gasteiger partial charge in [0.05, 0.1) is 14.2 Å². The van der Waals surface area contributed by atoms with Gasteiger partial charge in [-0.25, -0.2) is 5.48 Å². The van der Waals surface area contributed by atoms with Crippen LogP contribution in [0.5, 0.6) is 17.2 Å². The minimum atomic E-state index is -0.450. The second-order valence-electron chi connectivity index (χ2n) is 6.07. The summed E-state index contributed by atoms with van der Waals surface area (Å²) in [5.74, 6) is 0.977. The van der Waals surface area contributed by atoms with Crippen molar-refractivity contribution < 1.29 is 24.2 Å². The highest BCUT2D eigenvalue weighted by molar-refractivity contribution is 5.75. The quantitative estimate of drug-likeness (QED) is 0.553. The molecule has 0 radical (unpaired) electrons. The molecule has 2 rings (SSSR count). The highest BCUT2D eigenvalue weighted by atomic mass is 16.5. The molecule has 0 fully saturated rings. The van der Waals surface area contributed by atoms with Crippen molar-refractivity contribution in [3.8, 4) is 17.2 Å². The van der Waals surface area contributed by atoms with Crippen LogP contribution in [-0.2, 0) is 4.79 Å². The van der Waals surface area contributed by atoms with Crippen LogP contribution in [0.3, 0.4) is 0 Å². The van der Waals surface area contributed by atoms with Gasteiger partial charge < -0.3 is 14.2 Å². The van der Waals surface area contributed by atoms with E-state index in [0.717, 1.165) is 11.1 Å². The first-order chi connectivity index (χ1) is 12.5. The summed E-state index contributed by atoms with van der Waals surface area (Å²) in [6.07, 6.45) is -0.0499. The number of hydrogen-bond acceptors (Lipinski definition) is 5. The third-order valence-electron chi connectivity index (χ3n) is 4.23. The van der Waals surface area contributed by atoms with Gasteiger partial charge in [0.15, 0.2) is 11.5 Å². The fraction of sp³-hybridized carbons (Fsp3) is 0.350. The predicted molar refractivity (Wildman–Crippen MR) is 98.0 cm³/mol. The number of hydroxylamine groups is 1. The Morgan fingerprint density at radius 3 is 2.12 bits per heavy atom. The summed E-state index contributed by atoms with van der Waals surface area (Å²) in [6, 6.07) is 13.5. The lowest BCUT2D eigenvalue weighted by molar-refractivity contribution is -0.129. The normalized spacial score (nSPS) is 12.8. The van der Waals surface area contributed by atoms with Crippen LogP contribution in [0.2, 0.25) is 0 Å². The molecule has 140 valence electrons. The van der Waals surface area contributed by atoms with Gasteiger partial charge in [0, 0.05) is 6.42 Å². The number of benzene rings is 2. The summed E-state index contributed by atoms with van der Waals surface area (Å²) in [7, 11) is 3.12. The molecule has 2 unspecified atom stereocenters. The van der Waals surface area contributed by atoms with Crippen LogP contribution in [0.1, 0.15) is 43.4 Å². The van der Waals surface area contributed by atoms with Gasteiger partial charge in [-0.05, 0) is 36.1 Å². The first kappa shape index (κ1) is 19.6. The minimum Gasteiger partial charge on any atom is -0.493 e. The number of nitrogens with one attached hydrogen (secondary N) is 1. The van der Waals surface area contributed by atoms with Crippen LogP contribution in [-0.4, -0.2) is 25.3 Å². The predicted octanol–water partition coefficient (Wildman–Crippen LogP) is 3.84. The zero-order valence-electron chi connectivity index (χ0n) is 15.5. The van der Waals surface area contributed by atoms with Gasteiger partial charge in [-0.1, -0.05) is 37.3 Å². The molecule has 0 saturated heterocycles. The van der Waals surface area contributed by atoms with Crippen molar-refractivity contribution in [2.45, 2.75) is 32.3 Å². The minimum absolute atomic E-state index is 0.134. The fourth-order valence-electron chi connectivity index (χ4n) is 2.71. The number of hydrogen-bond donors (Lipinski definition) is 2. The van der Waals surface area contributed by atoms with Gasteiger partial charge in [0.25, 0.3) is 0 Å². The number of carbonyl (C=O) groups is 1. The van der Waals surface area contributed by atoms with Crippen LogP contribution in [0.4, 0.5) is 0 Å². The lowest BCUT2D eigenvalue weighted by Gasteiger charge is -2.21. The molecular weight excluding hydrogens is 334 g/mol. The van der Waals surface area contributed by atoms with Gasteiger partial charge in [-0.15, -0.1) is 0 Å². The first-order valence-corrected chi connectivity index (χ1v) is 8.40. The van der Waals surface area contributed by atoms with Crippen LogP contribution >= 0.6 is 0 Å². The van der Waals surface area contributed by atoms with E-state index in [-0.39, 0.29) is 18.4 Å². The molecule has 1 amide bonds. The highest BCUT2D eigenvalue weighted by Crippen LogP contribution is 2.42. The molecule has 0 aliphatic rings. The smallest absolute Gasteiger partial charge is 0.243 e. The van der Waals surface area contributed by atoms with Crippen molar-refractivity contribution in [3.63, 3.8) is 0 Å². The lowest BCUT2D eigenvalue weighted by Crippen LogP contribution is -2.20. The summed E-state index contributed by atoms with van der Waals surface area (Å²) in [4.78, 5) is 11.4. The summed E-state index contributed by atoms with van der Waals surface area (Å²) < 4.78 is 17.1. The summed E-state index contributed by atoms with van der Waals surface area (Å²) in [5.41, 5.74) is 3.54. The SMILES string of the molecule is COc1cc(C(C)CC(=O)NO)cc(OC)c1OC(C)c1ccccc1. The summed E-state index contributed by atoms with van der Waals surface area (Å²) >= 11 is 0. The molecular formula is C20H25NO5.